The molecule has 1 fully saturated rings. The van der Waals surface area contributed by atoms with Gasteiger partial charge in [-0.05, 0) is 12.8 Å². The van der Waals surface area contributed by atoms with Crippen LogP contribution in [0.15, 0.2) is 0 Å². The highest BCUT2D eigenvalue weighted by molar-refractivity contribution is 7.86. The van der Waals surface area contributed by atoms with Gasteiger partial charge in [0.15, 0.2) is 0 Å². The predicted octanol–water partition coefficient (Wildman–Crippen LogP) is -0.0250. The third-order valence-corrected chi connectivity index (χ3v) is 4.72. The van der Waals surface area contributed by atoms with Gasteiger partial charge in [0, 0.05) is 19.6 Å². The lowest BCUT2D eigenvalue weighted by Crippen LogP contribution is -2.48. The number of piperidine rings is 1. The molecule has 94 valence electrons. The Morgan fingerprint density at radius 1 is 1.38 bits per heavy atom. The molecule has 16 heavy (non-hydrogen) atoms. The van der Waals surface area contributed by atoms with Crippen molar-refractivity contribution in [3.63, 3.8) is 0 Å². The van der Waals surface area contributed by atoms with Gasteiger partial charge >= 0.3 is 0 Å². The van der Waals surface area contributed by atoms with E-state index in [4.69, 9.17) is 11.1 Å². The summed E-state index contributed by atoms with van der Waals surface area (Å²) in [5.74, 6) is -0.123. The van der Waals surface area contributed by atoms with E-state index >= 15 is 0 Å². The van der Waals surface area contributed by atoms with Crippen LogP contribution in [0.4, 0.5) is 0 Å². The van der Waals surface area contributed by atoms with E-state index in [2.05, 4.69) is 0 Å². The fourth-order valence-electron chi connectivity index (χ4n) is 1.81. The molecule has 0 saturated carbocycles. The molecule has 0 bridgehead atoms. The third kappa shape index (κ3) is 3.16. The van der Waals surface area contributed by atoms with E-state index in [1.54, 1.807) is 6.92 Å². The average molecular weight is 248 g/mol. The van der Waals surface area contributed by atoms with Crippen molar-refractivity contribution in [1.29, 1.82) is 5.41 Å². The number of hydrogen-bond acceptors (Lipinski definition) is 3. The van der Waals surface area contributed by atoms with Crippen molar-refractivity contribution in [3.8, 4) is 0 Å². The molecule has 1 aliphatic heterocycles. The monoisotopic (exact) mass is 248 g/mol. The fraction of sp³-hybridized carbons (Fsp3) is 0.889. The SMILES string of the molecule is CCN(CC(=N)N)S(=O)(=O)N1CCCCC1. The first-order chi connectivity index (χ1) is 7.48. The molecule has 7 heteroatoms. The molecule has 1 rings (SSSR count). The first-order valence-electron chi connectivity index (χ1n) is 5.56. The van der Waals surface area contributed by atoms with E-state index < -0.39 is 10.2 Å². The van der Waals surface area contributed by atoms with Gasteiger partial charge in [-0.25, -0.2) is 0 Å². The summed E-state index contributed by atoms with van der Waals surface area (Å²) in [7, 11) is -3.42. The molecule has 0 atom stereocenters. The van der Waals surface area contributed by atoms with Crippen molar-refractivity contribution in [1.82, 2.24) is 8.61 Å². The van der Waals surface area contributed by atoms with Crippen molar-refractivity contribution in [2.45, 2.75) is 26.2 Å². The molecular weight excluding hydrogens is 228 g/mol. The van der Waals surface area contributed by atoms with Gasteiger partial charge in [-0.15, -0.1) is 0 Å². The minimum atomic E-state index is -3.42. The summed E-state index contributed by atoms with van der Waals surface area (Å²) in [6.45, 7) is 3.24. The van der Waals surface area contributed by atoms with Gasteiger partial charge in [0.05, 0.1) is 6.54 Å². The molecule has 1 aliphatic rings. The number of rotatable bonds is 5. The Balaban J connectivity index is 2.76. The van der Waals surface area contributed by atoms with Crippen LogP contribution in [0.1, 0.15) is 26.2 Å². The van der Waals surface area contributed by atoms with Crippen molar-refractivity contribution in [2.24, 2.45) is 5.73 Å². The normalized spacial score (nSPS) is 18.9. The number of nitrogens with two attached hydrogens (primary N) is 1. The van der Waals surface area contributed by atoms with Crippen LogP contribution in [0.2, 0.25) is 0 Å². The number of hydrogen-bond donors (Lipinski definition) is 2. The van der Waals surface area contributed by atoms with Crippen LogP contribution in [0.25, 0.3) is 0 Å². The van der Waals surface area contributed by atoms with E-state index in [1.807, 2.05) is 0 Å². The molecule has 0 radical (unpaired) electrons. The zero-order valence-electron chi connectivity index (χ0n) is 9.65. The Hall–Kier alpha value is -0.660. The Morgan fingerprint density at radius 3 is 2.38 bits per heavy atom. The van der Waals surface area contributed by atoms with Gasteiger partial charge < -0.3 is 5.73 Å². The van der Waals surface area contributed by atoms with Crippen LogP contribution in [-0.2, 0) is 10.2 Å². The maximum absolute atomic E-state index is 12.2. The largest absolute Gasteiger partial charge is 0.387 e. The van der Waals surface area contributed by atoms with Crippen molar-refractivity contribution in [3.05, 3.63) is 0 Å². The highest BCUT2D eigenvalue weighted by Crippen LogP contribution is 2.15. The first-order valence-corrected chi connectivity index (χ1v) is 6.96. The predicted molar refractivity (Wildman–Crippen MR) is 63.5 cm³/mol. The Bertz CT molecular complexity index is 335. The smallest absolute Gasteiger partial charge is 0.282 e. The van der Waals surface area contributed by atoms with Gasteiger partial charge in [-0.2, -0.15) is 17.0 Å². The lowest BCUT2D eigenvalue weighted by molar-refractivity contribution is 0.314. The van der Waals surface area contributed by atoms with Gasteiger partial charge in [0.2, 0.25) is 0 Å². The van der Waals surface area contributed by atoms with Crippen molar-refractivity contribution in [2.75, 3.05) is 26.2 Å². The Kier molecular flexibility index (Phi) is 4.69. The molecule has 0 aliphatic carbocycles. The summed E-state index contributed by atoms with van der Waals surface area (Å²) < 4.78 is 27.0. The maximum atomic E-state index is 12.2. The number of likely N-dealkylation sites (N-methyl/N-ethyl adjacent to an activating group) is 1. The molecule has 6 nitrogen and oxygen atoms in total. The molecule has 0 aromatic rings. The van der Waals surface area contributed by atoms with E-state index in [0.29, 0.717) is 19.6 Å². The second-order valence-electron chi connectivity index (χ2n) is 3.92. The summed E-state index contributed by atoms with van der Waals surface area (Å²) >= 11 is 0. The highest BCUT2D eigenvalue weighted by Gasteiger charge is 2.29. The fourth-order valence-corrected chi connectivity index (χ4v) is 3.48. The van der Waals surface area contributed by atoms with Crippen LogP contribution >= 0.6 is 0 Å². The van der Waals surface area contributed by atoms with Crippen LogP contribution in [0.5, 0.6) is 0 Å². The summed E-state index contributed by atoms with van der Waals surface area (Å²) in [4.78, 5) is 0. The standard InChI is InChI=1S/C9H20N4O2S/c1-2-12(8-9(10)11)16(14,15)13-6-4-3-5-7-13/h2-8H2,1H3,(H3,10,11). The van der Waals surface area contributed by atoms with Crippen LogP contribution in [0.3, 0.4) is 0 Å². The van der Waals surface area contributed by atoms with E-state index in [1.165, 1.54) is 8.61 Å². The zero-order valence-corrected chi connectivity index (χ0v) is 10.5. The average Bonchev–Trinajstić information content (AvgIpc) is 2.26. The van der Waals surface area contributed by atoms with Crippen LogP contribution in [-0.4, -0.2) is 49.0 Å². The van der Waals surface area contributed by atoms with Crippen LogP contribution in [0, 0.1) is 5.41 Å². The lowest BCUT2D eigenvalue weighted by atomic mass is 10.2. The highest BCUT2D eigenvalue weighted by atomic mass is 32.2. The van der Waals surface area contributed by atoms with Gasteiger partial charge in [-0.1, -0.05) is 13.3 Å². The van der Waals surface area contributed by atoms with Gasteiger partial charge in [-0.3, -0.25) is 5.41 Å². The summed E-state index contributed by atoms with van der Waals surface area (Å²) in [6, 6.07) is 0. The van der Waals surface area contributed by atoms with Crippen molar-refractivity contribution < 1.29 is 8.42 Å². The molecule has 1 heterocycles. The molecule has 0 aromatic carbocycles. The molecule has 0 amide bonds. The van der Waals surface area contributed by atoms with Crippen molar-refractivity contribution >= 4 is 16.0 Å². The first kappa shape index (κ1) is 13.4. The van der Waals surface area contributed by atoms with Gasteiger partial charge in [0.1, 0.15) is 5.84 Å². The van der Waals surface area contributed by atoms with E-state index in [9.17, 15) is 8.42 Å². The molecule has 1 saturated heterocycles. The topological polar surface area (TPSA) is 90.5 Å². The molecular formula is C9H20N4O2S. The summed E-state index contributed by atoms with van der Waals surface area (Å²) in [5, 5.41) is 7.18. The Labute approximate surface area is 97.1 Å². The van der Waals surface area contributed by atoms with E-state index in [0.717, 1.165) is 19.3 Å². The summed E-state index contributed by atoms with van der Waals surface area (Å²) in [6.07, 6.45) is 2.92. The molecule has 0 spiro atoms. The number of nitrogens with zero attached hydrogens (tertiary/aromatic N) is 2. The minimum Gasteiger partial charge on any atom is -0.387 e. The quantitative estimate of drug-likeness (QED) is 0.529. The number of amidine groups is 1. The summed E-state index contributed by atoms with van der Waals surface area (Å²) in [5.41, 5.74) is 5.25. The second kappa shape index (κ2) is 5.60. The second-order valence-corrected chi connectivity index (χ2v) is 5.85. The third-order valence-electron chi connectivity index (χ3n) is 2.67. The number of nitrogens with one attached hydrogen (secondary N) is 1. The van der Waals surface area contributed by atoms with Crippen LogP contribution < -0.4 is 5.73 Å². The molecule has 0 unspecified atom stereocenters. The zero-order chi connectivity index (χ0) is 12.2. The Morgan fingerprint density at radius 2 is 1.94 bits per heavy atom. The molecule has 3 N–H and O–H groups in total. The van der Waals surface area contributed by atoms with Gasteiger partial charge in [0.25, 0.3) is 10.2 Å². The maximum Gasteiger partial charge on any atom is 0.282 e. The molecule has 0 aromatic heterocycles. The minimum absolute atomic E-state index is 0.0185. The van der Waals surface area contributed by atoms with E-state index in [-0.39, 0.29) is 12.4 Å². The lowest BCUT2D eigenvalue weighted by Gasteiger charge is -2.31.